The second kappa shape index (κ2) is 13.1. The number of likely N-dealkylation sites (tertiary alicyclic amines) is 1. The second-order valence-electron chi connectivity index (χ2n) is 9.63. The Bertz CT molecular complexity index is 1450. The molecule has 1 atom stereocenters. The van der Waals surface area contributed by atoms with E-state index in [4.69, 9.17) is 24.1 Å². The van der Waals surface area contributed by atoms with E-state index >= 15 is 0 Å². The van der Waals surface area contributed by atoms with Gasteiger partial charge in [0.15, 0.2) is 39.7 Å². The van der Waals surface area contributed by atoms with Crippen molar-refractivity contribution >= 4 is 59.8 Å². The molecule has 0 unspecified atom stereocenters. The van der Waals surface area contributed by atoms with Crippen LogP contribution in [0.3, 0.4) is 0 Å². The van der Waals surface area contributed by atoms with Gasteiger partial charge in [-0.3, -0.25) is 14.4 Å². The lowest BCUT2D eigenvalue weighted by Gasteiger charge is -2.33. The average molecular weight is 582 g/mol. The van der Waals surface area contributed by atoms with Crippen LogP contribution in [0.1, 0.15) is 26.2 Å². The Morgan fingerprint density at radius 1 is 1.22 bits per heavy atom. The van der Waals surface area contributed by atoms with Gasteiger partial charge in [-0.25, -0.2) is 15.0 Å². The molecular formula is C25H31BN8O6S. The van der Waals surface area contributed by atoms with Gasteiger partial charge in [0.25, 0.3) is 5.91 Å². The molecule has 1 aliphatic heterocycles. The molecule has 0 saturated carbocycles. The third-order valence-electron chi connectivity index (χ3n) is 6.79. The van der Waals surface area contributed by atoms with Crippen LogP contribution in [0, 0.1) is 5.92 Å². The molecule has 1 aromatic carbocycles. The number of aryl methyl sites for hydroxylation is 1. The first-order valence-corrected chi connectivity index (χ1v) is 13.8. The molecule has 1 aliphatic rings. The van der Waals surface area contributed by atoms with Gasteiger partial charge in [0, 0.05) is 24.5 Å². The van der Waals surface area contributed by atoms with Crippen LogP contribution in [-0.4, -0.2) is 92.5 Å². The number of nitrogen functional groups attached to an aromatic ring is 1. The number of esters is 1. The van der Waals surface area contributed by atoms with Crippen LogP contribution in [0.15, 0.2) is 28.5 Å². The van der Waals surface area contributed by atoms with Crippen LogP contribution in [0.5, 0.6) is 11.5 Å². The fourth-order valence-electron chi connectivity index (χ4n) is 4.52. The number of aromatic hydroxyl groups is 2. The number of imidazole rings is 1. The maximum Gasteiger partial charge on any atom is 0.326 e. The maximum atomic E-state index is 12.8. The van der Waals surface area contributed by atoms with Crippen molar-refractivity contribution in [3.05, 3.63) is 18.5 Å². The number of phenols is 2. The van der Waals surface area contributed by atoms with Crippen molar-refractivity contribution in [2.45, 2.75) is 48.9 Å². The fourth-order valence-corrected chi connectivity index (χ4v) is 5.49. The predicted octanol–water partition coefficient (Wildman–Crippen LogP) is -0.600. The van der Waals surface area contributed by atoms with E-state index in [9.17, 15) is 24.6 Å². The van der Waals surface area contributed by atoms with Crippen molar-refractivity contribution in [2.75, 3.05) is 31.9 Å². The lowest BCUT2D eigenvalue weighted by molar-refractivity contribution is -0.159. The second-order valence-corrected chi connectivity index (χ2v) is 10.6. The molecule has 1 fully saturated rings. The molecule has 0 bridgehead atoms. The molecule has 1 saturated heterocycles. The van der Waals surface area contributed by atoms with E-state index in [0.717, 1.165) is 19.3 Å². The number of fused-ring (bicyclic) bond motifs is 1. The number of ether oxygens (including phenoxy) is 1. The number of nitrogens with one attached hydrogen (secondary N) is 1. The summed E-state index contributed by atoms with van der Waals surface area (Å²) < 4.78 is 7.08. The number of carbonyl (C=O) groups excluding carboxylic acids is 3. The minimum atomic E-state index is -0.970. The molecule has 16 heteroatoms. The number of amides is 2. The lowest BCUT2D eigenvalue weighted by atomic mass is 9.93. The number of piperidine rings is 1. The van der Waals surface area contributed by atoms with Crippen molar-refractivity contribution < 1.29 is 29.3 Å². The Labute approximate surface area is 241 Å². The maximum absolute atomic E-state index is 12.8. The summed E-state index contributed by atoms with van der Waals surface area (Å²) in [5.41, 5.74) is 12.5. The Balaban J connectivity index is 1.37. The van der Waals surface area contributed by atoms with E-state index < -0.39 is 18.0 Å². The minimum absolute atomic E-state index is 0.237. The van der Waals surface area contributed by atoms with Gasteiger partial charge in [-0.2, -0.15) is 0 Å². The van der Waals surface area contributed by atoms with Crippen LogP contribution in [0.25, 0.3) is 11.2 Å². The molecule has 41 heavy (non-hydrogen) atoms. The lowest BCUT2D eigenvalue weighted by Crippen LogP contribution is -2.45. The van der Waals surface area contributed by atoms with Crippen LogP contribution in [-0.2, 0) is 25.7 Å². The third kappa shape index (κ3) is 7.19. The molecule has 7 N–H and O–H groups in total. The first kappa shape index (κ1) is 29.9. The largest absolute Gasteiger partial charge is 0.504 e. The smallest absolute Gasteiger partial charge is 0.326 e. The van der Waals surface area contributed by atoms with Crippen molar-refractivity contribution in [3.8, 4) is 11.5 Å². The predicted molar refractivity (Wildman–Crippen MR) is 151 cm³/mol. The topological polar surface area (TPSA) is 212 Å². The molecule has 3 aromatic rings. The van der Waals surface area contributed by atoms with Gasteiger partial charge in [-0.1, -0.05) is 17.2 Å². The van der Waals surface area contributed by atoms with Crippen LogP contribution < -0.4 is 22.2 Å². The summed E-state index contributed by atoms with van der Waals surface area (Å²) in [6.07, 6.45) is 2.68. The summed E-state index contributed by atoms with van der Waals surface area (Å²) in [6, 6.07) is 2.64. The van der Waals surface area contributed by atoms with Gasteiger partial charge >= 0.3 is 5.97 Å². The molecule has 2 amide bonds. The summed E-state index contributed by atoms with van der Waals surface area (Å²) in [4.78, 5) is 51.1. The summed E-state index contributed by atoms with van der Waals surface area (Å²) in [7, 11) is 6.06. The Kier molecular flexibility index (Phi) is 9.55. The zero-order valence-corrected chi connectivity index (χ0v) is 23.3. The molecule has 14 nitrogen and oxygen atoms in total. The van der Waals surface area contributed by atoms with Crippen LogP contribution in [0.2, 0.25) is 0 Å². The number of nitrogens with zero attached hydrogens (tertiary/aromatic N) is 5. The number of aromatic nitrogens is 4. The monoisotopic (exact) mass is 582 g/mol. The van der Waals surface area contributed by atoms with Gasteiger partial charge in [0.1, 0.15) is 20.7 Å². The van der Waals surface area contributed by atoms with E-state index in [1.54, 1.807) is 4.90 Å². The Morgan fingerprint density at radius 2 is 1.93 bits per heavy atom. The van der Waals surface area contributed by atoms with E-state index in [1.807, 2.05) is 4.57 Å². The third-order valence-corrected chi connectivity index (χ3v) is 7.86. The molecule has 2 radical (unpaired) electrons. The number of nitrogens with two attached hydrogens (primary N) is 2. The zero-order valence-electron chi connectivity index (χ0n) is 22.4. The van der Waals surface area contributed by atoms with E-state index in [0.29, 0.717) is 46.8 Å². The normalized spacial score (nSPS) is 14.6. The van der Waals surface area contributed by atoms with Gasteiger partial charge in [-0.05, 0) is 44.2 Å². The van der Waals surface area contributed by atoms with E-state index in [1.165, 1.54) is 37.1 Å². The summed E-state index contributed by atoms with van der Waals surface area (Å²) in [5.74, 6) is -1.56. The molecule has 0 spiro atoms. The number of phenolic OH excluding ortho intramolecular Hbond substituents is 2. The standard InChI is InChI=1S/C25H31BN8O6S/c1-13(40-20(38)11-29-19(37)10-27)24(39)33-5-2-14(3-6-33)4-7-34-23-21(22(28)30-12-31-23)32-25(34)41-18-9-17(36)16(35)8-15(18)26/h8-9,12-14,35-36H,2-7,10-11,27H2,1H3,(H,29,37)(H2,28,30,31)/t13-/m0/s1. The first-order chi connectivity index (χ1) is 19.6. The summed E-state index contributed by atoms with van der Waals surface area (Å²) in [6.45, 7) is 2.50. The number of benzene rings is 1. The summed E-state index contributed by atoms with van der Waals surface area (Å²) >= 11 is 1.21. The van der Waals surface area contributed by atoms with Gasteiger partial charge < -0.3 is 41.2 Å². The number of rotatable bonds is 10. The minimum Gasteiger partial charge on any atom is -0.504 e. The Hall–Kier alpha value is -4.05. The number of hydrogen-bond acceptors (Lipinski definition) is 12. The van der Waals surface area contributed by atoms with E-state index in [2.05, 4.69) is 20.3 Å². The van der Waals surface area contributed by atoms with Crippen molar-refractivity contribution in [3.63, 3.8) is 0 Å². The quantitative estimate of drug-likeness (QED) is 0.115. The molecular weight excluding hydrogens is 551 g/mol. The molecule has 3 heterocycles. The van der Waals surface area contributed by atoms with Crippen LogP contribution in [0.4, 0.5) is 5.82 Å². The first-order valence-electron chi connectivity index (χ1n) is 13.0. The SMILES string of the molecule is [B]c1cc(O)c(O)cc1Sc1nc2c(N)ncnc2n1CCC1CCN(C(=O)[C@H](C)OC(=O)CNC(=O)CN)CC1. The molecule has 0 aliphatic carbocycles. The number of carbonyl (C=O) groups is 3. The van der Waals surface area contributed by atoms with Gasteiger partial charge in [0.2, 0.25) is 5.91 Å². The van der Waals surface area contributed by atoms with Gasteiger partial charge in [0.05, 0.1) is 6.54 Å². The van der Waals surface area contributed by atoms with Crippen molar-refractivity contribution in [2.24, 2.45) is 11.7 Å². The molecule has 216 valence electrons. The number of anilines is 1. The molecule has 2 aromatic heterocycles. The average Bonchev–Trinajstić information content (AvgIpc) is 3.31. The fraction of sp³-hybridized carbons (Fsp3) is 0.440. The number of hydrogen-bond donors (Lipinski definition) is 5. The highest BCUT2D eigenvalue weighted by atomic mass is 32.2. The highest BCUT2D eigenvalue weighted by Crippen LogP contribution is 2.35. The van der Waals surface area contributed by atoms with Crippen LogP contribution >= 0.6 is 11.8 Å². The summed E-state index contributed by atoms with van der Waals surface area (Å²) in [5, 5.41) is 22.6. The highest BCUT2D eigenvalue weighted by Gasteiger charge is 2.28. The Morgan fingerprint density at radius 3 is 2.63 bits per heavy atom. The zero-order chi connectivity index (χ0) is 29.7. The highest BCUT2D eigenvalue weighted by molar-refractivity contribution is 7.99. The van der Waals surface area contributed by atoms with Gasteiger partial charge in [-0.15, -0.1) is 0 Å². The van der Waals surface area contributed by atoms with E-state index in [-0.39, 0.29) is 41.8 Å². The van der Waals surface area contributed by atoms with Crippen molar-refractivity contribution in [1.29, 1.82) is 0 Å². The molecule has 4 rings (SSSR count). The van der Waals surface area contributed by atoms with Crippen molar-refractivity contribution in [1.82, 2.24) is 29.7 Å².